The summed E-state index contributed by atoms with van der Waals surface area (Å²) < 4.78 is 26.2. The van der Waals surface area contributed by atoms with E-state index in [9.17, 15) is 4.39 Å². The third-order valence-corrected chi connectivity index (χ3v) is 6.97. The molecule has 0 N–H and O–H groups in total. The standard InChI is InChI=1S/C32H34FN3O2/c1-3-4-7-17-37-25-13-10-23(11-14-25)28-20-26(38-18-16-22(28)2)19-24-12-15-30-31(21-34-24)36-32(35-30)27-8-5-6-9-29(27)33/h5-6,8-11,13-15,20-21,24H,3-4,7,12,16-19H2,1-2H3. The number of hydrogen-bond acceptors (Lipinski definition) is 5. The van der Waals surface area contributed by atoms with Crippen molar-refractivity contribution in [3.63, 3.8) is 0 Å². The van der Waals surface area contributed by atoms with Crippen molar-refractivity contribution in [3.05, 3.63) is 94.7 Å². The topological polar surface area (TPSA) is 55.5 Å². The van der Waals surface area contributed by atoms with Gasteiger partial charge in [0.05, 0.1) is 36.3 Å². The number of hydrogen-bond donors (Lipinski definition) is 0. The van der Waals surface area contributed by atoms with Crippen molar-refractivity contribution in [1.82, 2.24) is 0 Å². The predicted octanol–water partition coefficient (Wildman–Crippen LogP) is 7.49. The monoisotopic (exact) mass is 511 g/mol. The molecule has 3 heterocycles. The van der Waals surface area contributed by atoms with Crippen LogP contribution < -0.4 is 4.74 Å². The molecule has 0 spiro atoms. The normalized spacial score (nSPS) is 19.0. The van der Waals surface area contributed by atoms with Gasteiger partial charge in [0.1, 0.15) is 17.3 Å². The summed E-state index contributed by atoms with van der Waals surface area (Å²) in [6.07, 6.45) is 11.7. The van der Waals surface area contributed by atoms with Crippen molar-refractivity contribution in [2.24, 2.45) is 15.0 Å². The molecule has 1 atom stereocenters. The van der Waals surface area contributed by atoms with Crippen molar-refractivity contribution in [3.8, 4) is 5.75 Å². The van der Waals surface area contributed by atoms with Crippen molar-refractivity contribution in [2.75, 3.05) is 13.2 Å². The Labute approximate surface area is 224 Å². The number of allylic oxidation sites excluding steroid dienone is 3. The van der Waals surface area contributed by atoms with E-state index < -0.39 is 0 Å². The molecule has 5 nitrogen and oxygen atoms in total. The summed E-state index contributed by atoms with van der Waals surface area (Å²) in [6.45, 7) is 5.78. The molecule has 5 rings (SSSR count). The Bertz CT molecular complexity index is 1350. The SMILES string of the molecule is CCCCCOc1ccc(C2=C(C)CCOC(CC3CC=C4N=C(c5ccccc5F)N=C4C=N3)=C2)cc1. The van der Waals surface area contributed by atoms with Crippen LogP contribution >= 0.6 is 0 Å². The molecule has 0 aromatic heterocycles. The molecule has 0 amide bonds. The van der Waals surface area contributed by atoms with Crippen LogP contribution in [-0.4, -0.2) is 37.0 Å². The Hall–Kier alpha value is -3.80. The molecule has 3 aliphatic rings. The Kier molecular flexibility index (Phi) is 8.27. The molecular weight excluding hydrogens is 477 g/mol. The predicted molar refractivity (Wildman–Crippen MR) is 153 cm³/mol. The highest BCUT2D eigenvalue weighted by Crippen LogP contribution is 2.31. The van der Waals surface area contributed by atoms with E-state index in [1.165, 1.54) is 30.1 Å². The maximum Gasteiger partial charge on any atom is 0.163 e. The van der Waals surface area contributed by atoms with Crippen molar-refractivity contribution in [2.45, 2.75) is 58.4 Å². The zero-order valence-electron chi connectivity index (χ0n) is 22.1. The van der Waals surface area contributed by atoms with Crippen LogP contribution in [0.3, 0.4) is 0 Å². The fraction of sp³-hybridized carbons (Fsp3) is 0.344. The second kappa shape index (κ2) is 12.2. The highest BCUT2D eigenvalue weighted by molar-refractivity contribution is 6.43. The summed E-state index contributed by atoms with van der Waals surface area (Å²) in [5.74, 6) is 1.91. The zero-order chi connectivity index (χ0) is 26.3. The number of nitrogens with zero attached hydrogens (tertiary/aromatic N) is 3. The summed E-state index contributed by atoms with van der Waals surface area (Å²) in [5.41, 5.74) is 5.50. The minimum absolute atomic E-state index is 0.0210. The van der Waals surface area contributed by atoms with E-state index in [0.29, 0.717) is 36.6 Å². The van der Waals surface area contributed by atoms with Crippen LogP contribution in [0.25, 0.3) is 5.57 Å². The molecule has 38 heavy (non-hydrogen) atoms. The van der Waals surface area contributed by atoms with Gasteiger partial charge in [0.2, 0.25) is 0 Å². The maximum absolute atomic E-state index is 14.2. The highest BCUT2D eigenvalue weighted by atomic mass is 19.1. The number of amidine groups is 1. The van der Waals surface area contributed by atoms with Crippen LogP contribution in [-0.2, 0) is 4.74 Å². The lowest BCUT2D eigenvalue weighted by Crippen LogP contribution is -2.07. The van der Waals surface area contributed by atoms with E-state index in [-0.39, 0.29) is 11.9 Å². The molecular formula is C32H34FN3O2. The van der Waals surface area contributed by atoms with Gasteiger partial charge in [-0.1, -0.05) is 55.7 Å². The number of rotatable bonds is 9. The number of halogens is 1. The largest absolute Gasteiger partial charge is 0.498 e. The summed E-state index contributed by atoms with van der Waals surface area (Å²) in [7, 11) is 0. The first-order chi connectivity index (χ1) is 18.6. The van der Waals surface area contributed by atoms with Crippen LogP contribution in [0.1, 0.15) is 63.5 Å². The Morgan fingerprint density at radius 3 is 2.71 bits per heavy atom. The molecule has 1 unspecified atom stereocenters. The molecule has 0 saturated carbocycles. The molecule has 0 bridgehead atoms. The van der Waals surface area contributed by atoms with E-state index in [2.05, 4.69) is 54.2 Å². The molecule has 0 fully saturated rings. The molecule has 0 aliphatic carbocycles. The van der Waals surface area contributed by atoms with Gasteiger partial charge in [-0.2, -0.15) is 0 Å². The van der Waals surface area contributed by atoms with Crippen LogP contribution in [0.15, 0.2) is 92.7 Å². The van der Waals surface area contributed by atoms with E-state index in [1.54, 1.807) is 24.4 Å². The van der Waals surface area contributed by atoms with E-state index >= 15 is 0 Å². The first-order valence-corrected chi connectivity index (χ1v) is 13.5. The highest BCUT2D eigenvalue weighted by Gasteiger charge is 2.23. The second-order valence-electron chi connectivity index (χ2n) is 9.86. The molecule has 2 aromatic rings. The smallest absolute Gasteiger partial charge is 0.163 e. The van der Waals surface area contributed by atoms with Gasteiger partial charge in [0.25, 0.3) is 0 Å². The van der Waals surface area contributed by atoms with Crippen LogP contribution in [0.4, 0.5) is 4.39 Å². The fourth-order valence-electron chi connectivity index (χ4n) is 4.74. The van der Waals surface area contributed by atoms with Gasteiger partial charge in [-0.25, -0.2) is 14.4 Å². The third kappa shape index (κ3) is 6.18. The number of aliphatic imine (C=N–C) groups is 3. The molecule has 0 saturated heterocycles. The number of unbranched alkanes of at least 4 members (excludes halogenated alkanes) is 2. The molecule has 6 heteroatoms. The summed E-state index contributed by atoms with van der Waals surface area (Å²) >= 11 is 0. The van der Waals surface area contributed by atoms with E-state index in [1.807, 2.05) is 6.08 Å². The average molecular weight is 512 g/mol. The second-order valence-corrected chi connectivity index (χ2v) is 9.86. The van der Waals surface area contributed by atoms with Gasteiger partial charge in [-0.05, 0) is 61.2 Å². The summed E-state index contributed by atoms with van der Waals surface area (Å²) in [5, 5.41) is 0. The lowest BCUT2D eigenvalue weighted by molar-refractivity contribution is 0.204. The minimum Gasteiger partial charge on any atom is -0.498 e. The van der Waals surface area contributed by atoms with Crippen molar-refractivity contribution < 1.29 is 13.9 Å². The van der Waals surface area contributed by atoms with Gasteiger partial charge in [0.15, 0.2) is 5.84 Å². The number of ether oxygens (including phenoxy) is 2. The maximum atomic E-state index is 14.2. The van der Waals surface area contributed by atoms with Gasteiger partial charge >= 0.3 is 0 Å². The van der Waals surface area contributed by atoms with Crippen molar-refractivity contribution >= 4 is 23.3 Å². The van der Waals surface area contributed by atoms with Gasteiger partial charge in [0, 0.05) is 19.1 Å². The molecule has 0 radical (unpaired) electrons. The van der Waals surface area contributed by atoms with Crippen LogP contribution in [0.5, 0.6) is 5.75 Å². The van der Waals surface area contributed by atoms with Crippen LogP contribution in [0, 0.1) is 5.82 Å². The number of benzene rings is 2. The third-order valence-electron chi connectivity index (χ3n) is 6.97. The lowest BCUT2D eigenvalue weighted by atomic mass is 9.97. The Balaban J connectivity index is 1.26. The minimum atomic E-state index is -0.326. The van der Waals surface area contributed by atoms with Crippen LogP contribution in [0.2, 0.25) is 0 Å². The molecule has 196 valence electrons. The van der Waals surface area contributed by atoms with E-state index in [4.69, 9.17) is 14.5 Å². The summed E-state index contributed by atoms with van der Waals surface area (Å²) in [6, 6.07) is 15.0. The number of fused-ring (bicyclic) bond motifs is 1. The van der Waals surface area contributed by atoms with Gasteiger partial charge < -0.3 is 9.47 Å². The first kappa shape index (κ1) is 25.8. The van der Waals surface area contributed by atoms with Gasteiger partial charge in [-0.3, -0.25) is 4.99 Å². The Morgan fingerprint density at radius 2 is 1.89 bits per heavy atom. The fourth-order valence-corrected chi connectivity index (χ4v) is 4.74. The first-order valence-electron chi connectivity index (χ1n) is 13.5. The zero-order valence-corrected chi connectivity index (χ0v) is 22.1. The van der Waals surface area contributed by atoms with Crippen molar-refractivity contribution in [1.29, 1.82) is 0 Å². The average Bonchev–Trinajstić information content (AvgIpc) is 3.12. The van der Waals surface area contributed by atoms with E-state index in [0.717, 1.165) is 42.2 Å². The van der Waals surface area contributed by atoms with Gasteiger partial charge in [-0.15, -0.1) is 0 Å². The lowest BCUT2D eigenvalue weighted by Gasteiger charge is -2.13. The Morgan fingerprint density at radius 1 is 1.05 bits per heavy atom. The molecule has 2 aromatic carbocycles. The molecule has 3 aliphatic heterocycles. The quantitative estimate of drug-likeness (QED) is 0.328. The summed E-state index contributed by atoms with van der Waals surface area (Å²) in [4.78, 5) is 13.9.